The average Bonchev–Trinajstić information content (AvgIpc) is 2.82. The number of fused-ring (bicyclic) bond motifs is 3. The SMILES string of the molecule is C=CC(=O)Nc1cc(-c2nn(C3CCC(N4CCN(C(C)=O)CC4)CC3)c3ncnc(N)c23)ccc1Oc1ccccc1.COc1cc(-c2nn(C3CCC(N4CCN(C(C)=O)CC4)CC3)c3ncnc(N)c23)ccc1NC(=O)c1cc2ccccc2n1C. The largest absolute Gasteiger partial charge is 0.495 e. The monoisotopic (exact) mass is 1200 g/mol. The normalized spacial score (nSPS) is 19.1. The molecule has 89 heavy (non-hydrogen) atoms. The van der Waals surface area contributed by atoms with Crippen LogP contribution in [0.2, 0.25) is 0 Å². The number of aryl methyl sites for hydroxylation is 1. The molecule has 4 aliphatic rings. The van der Waals surface area contributed by atoms with Gasteiger partial charge in [-0.15, -0.1) is 0 Å². The van der Waals surface area contributed by atoms with Crippen molar-refractivity contribution in [2.24, 2.45) is 7.05 Å². The number of anilines is 4. The van der Waals surface area contributed by atoms with E-state index in [1.807, 2.05) is 128 Å². The Labute approximate surface area is 515 Å². The number of ether oxygens (including phenoxy) is 2. The van der Waals surface area contributed by atoms with Gasteiger partial charge in [0.25, 0.3) is 5.91 Å². The molecule has 23 heteroatoms. The Morgan fingerprint density at radius 1 is 0.573 bits per heavy atom. The summed E-state index contributed by atoms with van der Waals surface area (Å²) in [4.78, 5) is 75.9. The van der Waals surface area contributed by atoms with Gasteiger partial charge in [0, 0.05) is 107 Å². The molecule has 460 valence electrons. The predicted octanol–water partition coefficient (Wildman–Crippen LogP) is 9.12. The molecule has 23 nitrogen and oxygen atoms in total. The third-order valence-corrected chi connectivity index (χ3v) is 18.2. The summed E-state index contributed by atoms with van der Waals surface area (Å²) in [7, 11) is 3.47. The summed E-state index contributed by atoms with van der Waals surface area (Å²) in [6.45, 7) is 13.8. The van der Waals surface area contributed by atoms with Gasteiger partial charge < -0.3 is 45.9 Å². The van der Waals surface area contributed by atoms with Crippen LogP contribution in [0, 0.1) is 0 Å². The van der Waals surface area contributed by atoms with E-state index in [9.17, 15) is 19.2 Å². The Morgan fingerprint density at radius 2 is 1.08 bits per heavy atom. The van der Waals surface area contributed by atoms with Crippen molar-refractivity contribution in [1.82, 2.24) is 63.7 Å². The number of piperazine rings is 2. The zero-order valence-electron chi connectivity index (χ0n) is 50.7. The number of hydrogen-bond donors (Lipinski definition) is 4. The topological polar surface area (TPSA) is 268 Å². The molecule has 9 aromatic rings. The third kappa shape index (κ3) is 12.4. The van der Waals surface area contributed by atoms with Crippen LogP contribution in [0.25, 0.3) is 55.5 Å². The average molecular weight is 1200 g/mol. The van der Waals surface area contributed by atoms with Crippen molar-refractivity contribution < 1.29 is 28.7 Å². The zero-order valence-corrected chi connectivity index (χ0v) is 50.7. The van der Waals surface area contributed by atoms with Gasteiger partial charge >= 0.3 is 0 Å². The van der Waals surface area contributed by atoms with Crippen molar-refractivity contribution in [3.8, 4) is 39.8 Å². The summed E-state index contributed by atoms with van der Waals surface area (Å²) >= 11 is 0. The molecule has 4 fully saturated rings. The molecule has 2 aliphatic carbocycles. The number of benzene rings is 4. The fourth-order valence-electron chi connectivity index (χ4n) is 13.3. The number of amides is 4. The highest BCUT2D eigenvalue weighted by Gasteiger charge is 2.34. The van der Waals surface area contributed by atoms with E-state index >= 15 is 0 Å². The molecule has 13 rings (SSSR count). The van der Waals surface area contributed by atoms with Crippen LogP contribution in [0.15, 0.2) is 122 Å². The Balaban J connectivity index is 0.000000173. The summed E-state index contributed by atoms with van der Waals surface area (Å²) < 4.78 is 17.7. The van der Waals surface area contributed by atoms with E-state index in [-0.39, 0.29) is 35.7 Å². The lowest BCUT2D eigenvalue weighted by Gasteiger charge is -2.41. The molecular weight excluding hydrogens is 1130 g/mol. The lowest BCUT2D eigenvalue weighted by atomic mass is 9.90. The van der Waals surface area contributed by atoms with Gasteiger partial charge in [-0.1, -0.05) is 49.0 Å². The molecule has 7 heterocycles. The van der Waals surface area contributed by atoms with E-state index in [0.29, 0.717) is 91.5 Å². The fourth-order valence-corrected chi connectivity index (χ4v) is 13.3. The van der Waals surface area contributed by atoms with Crippen LogP contribution in [0.1, 0.15) is 87.8 Å². The summed E-state index contributed by atoms with van der Waals surface area (Å²) in [5.41, 5.74) is 19.7. The Bertz CT molecular complexity index is 4090. The minimum Gasteiger partial charge on any atom is -0.495 e. The van der Waals surface area contributed by atoms with Crippen molar-refractivity contribution in [2.75, 3.05) is 81.6 Å². The minimum atomic E-state index is -0.354. The van der Waals surface area contributed by atoms with Crippen molar-refractivity contribution in [3.05, 3.63) is 128 Å². The van der Waals surface area contributed by atoms with Crippen LogP contribution < -0.4 is 31.6 Å². The molecule has 0 unspecified atom stereocenters. The quantitative estimate of drug-likeness (QED) is 0.0784. The first kappa shape index (κ1) is 59.6. The summed E-state index contributed by atoms with van der Waals surface area (Å²) in [5, 5.41) is 18.4. The highest BCUT2D eigenvalue weighted by molar-refractivity contribution is 6.08. The highest BCUT2D eigenvalue weighted by atomic mass is 16.5. The number of nitrogen functional groups attached to an aromatic ring is 2. The molecule has 0 radical (unpaired) electrons. The second-order valence-electron chi connectivity index (χ2n) is 23.3. The van der Waals surface area contributed by atoms with Crippen molar-refractivity contribution in [3.63, 3.8) is 0 Å². The summed E-state index contributed by atoms with van der Waals surface area (Å²) in [5.74, 6) is 2.09. The molecule has 2 saturated carbocycles. The van der Waals surface area contributed by atoms with Crippen LogP contribution in [0.5, 0.6) is 17.2 Å². The van der Waals surface area contributed by atoms with E-state index in [4.69, 9.17) is 31.1 Å². The number of aromatic nitrogens is 9. The number of nitrogens with zero attached hydrogens (tertiary/aromatic N) is 13. The van der Waals surface area contributed by atoms with E-state index in [2.05, 4.69) is 46.9 Å². The number of nitrogens with one attached hydrogen (secondary N) is 2. The van der Waals surface area contributed by atoms with Gasteiger partial charge in [-0.3, -0.25) is 29.0 Å². The zero-order chi connectivity index (χ0) is 61.9. The Morgan fingerprint density at radius 3 is 1.60 bits per heavy atom. The first-order valence-corrected chi connectivity index (χ1v) is 30.5. The minimum absolute atomic E-state index is 0.152. The second kappa shape index (κ2) is 25.9. The van der Waals surface area contributed by atoms with Crippen molar-refractivity contribution in [1.29, 1.82) is 0 Å². The first-order chi connectivity index (χ1) is 43.2. The number of rotatable bonds is 13. The predicted molar refractivity (Wildman–Crippen MR) is 343 cm³/mol. The summed E-state index contributed by atoms with van der Waals surface area (Å²) in [6.07, 6.45) is 12.3. The van der Waals surface area contributed by atoms with Gasteiger partial charge in [-0.05, 0) is 112 Å². The Kier molecular flexibility index (Phi) is 17.4. The maximum atomic E-state index is 13.3. The molecule has 0 bridgehead atoms. The van der Waals surface area contributed by atoms with Gasteiger partial charge in [0.2, 0.25) is 17.7 Å². The maximum absolute atomic E-state index is 13.3. The number of nitrogens with two attached hydrogens (primary N) is 2. The van der Waals surface area contributed by atoms with Crippen LogP contribution in [0.3, 0.4) is 0 Å². The van der Waals surface area contributed by atoms with Crippen LogP contribution >= 0.6 is 0 Å². The van der Waals surface area contributed by atoms with Gasteiger partial charge in [-0.25, -0.2) is 29.3 Å². The lowest BCUT2D eigenvalue weighted by molar-refractivity contribution is -0.131. The lowest BCUT2D eigenvalue weighted by Crippen LogP contribution is -2.52. The molecular formula is C66H75N17O6. The number of carbonyl (C=O) groups excluding carboxylic acids is 4. The highest BCUT2D eigenvalue weighted by Crippen LogP contribution is 2.42. The first-order valence-electron chi connectivity index (χ1n) is 30.5. The number of hydrogen-bond acceptors (Lipinski definition) is 16. The van der Waals surface area contributed by atoms with Crippen LogP contribution in [-0.2, 0) is 21.4 Å². The molecule has 0 atom stereocenters. The molecule has 2 saturated heterocycles. The number of para-hydroxylation sites is 2. The number of methoxy groups -OCH3 is 1. The fraction of sp³-hybridized carbons (Fsp3) is 0.364. The van der Waals surface area contributed by atoms with Crippen molar-refractivity contribution in [2.45, 2.75) is 89.4 Å². The van der Waals surface area contributed by atoms with Crippen LogP contribution in [-0.4, -0.2) is 159 Å². The molecule has 0 spiro atoms. The standard InChI is InChI=1S/C34H39N9O3.C32H36N8O3/c1-21(44)41-14-16-42(17-15-41)24-9-11-25(12-10-24)43-33-30(32(35)36-20-37-33)31(39-43)23-8-13-26(29(19-23)46-3)38-34(45)28-18-22-6-4-5-7-27(22)40(28)2;1-3-28(42)36-26-19-22(9-14-27(26)43-25-7-5-4-6-8-25)30-29-31(33)34-20-35-32(29)40(37-30)24-12-10-23(11-13-24)39-17-15-38(16-18-39)21(2)41/h4-8,13,18-20,24-25H,9-12,14-17H2,1-3H3,(H,38,45)(H2,35,36,37);3-9,14,19-20,23-24H,1,10-13,15-18H2,2H3,(H,36,42)(H2,33,34,35). The van der Waals surface area contributed by atoms with E-state index < -0.39 is 0 Å². The van der Waals surface area contributed by atoms with E-state index in [1.165, 1.54) is 18.7 Å². The molecule has 6 N–H and O–H groups in total. The smallest absolute Gasteiger partial charge is 0.272 e. The van der Waals surface area contributed by atoms with Crippen LogP contribution in [0.4, 0.5) is 23.0 Å². The van der Waals surface area contributed by atoms with Gasteiger partial charge in [0.05, 0.1) is 41.3 Å². The summed E-state index contributed by atoms with van der Waals surface area (Å²) in [6, 6.07) is 31.7. The third-order valence-electron chi connectivity index (χ3n) is 18.2. The van der Waals surface area contributed by atoms with E-state index in [0.717, 1.165) is 126 Å². The van der Waals surface area contributed by atoms with Gasteiger partial charge in [0.1, 0.15) is 52.9 Å². The molecule has 4 aromatic carbocycles. The van der Waals surface area contributed by atoms with Gasteiger partial charge in [0.15, 0.2) is 17.0 Å². The van der Waals surface area contributed by atoms with Crippen molar-refractivity contribution >= 4 is 79.6 Å². The molecule has 5 aromatic heterocycles. The Hall–Kier alpha value is -9.74. The molecule has 4 amide bonds. The maximum Gasteiger partial charge on any atom is 0.272 e. The second-order valence-corrected chi connectivity index (χ2v) is 23.3. The number of carbonyl (C=O) groups is 4. The van der Waals surface area contributed by atoms with Gasteiger partial charge in [-0.2, -0.15) is 10.2 Å². The van der Waals surface area contributed by atoms with E-state index in [1.54, 1.807) is 21.0 Å². The molecule has 2 aliphatic heterocycles.